The van der Waals surface area contributed by atoms with Gasteiger partial charge in [0.05, 0.1) is 12.7 Å². The first-order chi connectivity index (χ1) is 11.2. The third kappa shape index (κ3) is 5.77. The third-order valence-electron chi connectivity index (χ3n) is 3.73. The standard InChI is InChI=1S/C18H27N5/c1-4-19-18(21-12-16-9-7-14(2)8-10-16)20-11-5-6-17-13-22-23-15(17)3/h7-10,13H,4-6,11-12H2,1-3H3,(H,22,23)(H2,19,20,21). The van der Waals surface area contributed by atoms with Gasteiger partial charge < -0.3 is 10.6 Å². The average molecular weight is 313 g/mol. The first-order valence-corrected chi connectivity index (χ1v) is 8.25. The van der Waals surface area contributed by atoms with Crippen molar-refractivity contribution in [2.75, 3.05) is 13.1 Å². The van der Waals surface area contributed by atoms with Gasteiger partial charge in [-0.1, -0.05) is 29.8 Å². The molecule has 0 saturated carbocycles. The van der Waals surface area contributed by atoms with Crippen LogP contribution in [0.25, 0.3) is 0 Å². The van der Waals surface area contributed by atoms with Crippen LogP contribution in [0, 0.1) is 13.8 Å². The van der Waals surface area contributed by atoms with Crippen molar-refractivity contribution in [1.29, 1.82) is 0 Å². The predicted molar refractivity (Wildman–Crippen MR) is 95.6 cm³/mol. The Balaban J connectivity index is 1.79. The lowest BCUT2D eigenvalue weighted by Crippen LogP contribution is -2.37. The predicted octanol–water partition coefficient (Wildman–Crippen LogP) is 2.71. The molecular weight excluding hydrogens is 286 g/mol. The van der Waals surface area contributed by atoms with E-state index in [1.54, 1.807) is 0 Å². The lowest BCUT2D eigenvalue weighted by Gasteiger charge is -2.11. The highest BCUT2D eigenvalue weighted by Gasteiger charge is 2.01. The van der Waals surface area contributed by atoms with Gasteiger partial charge in [0.2, 0.25) is 0 Å². The molecule has 1 aromatic heterocycles. The van der Waals surface area contributed by atoms with Crippen molar-refractivity contribution in [2.24, 2.45) is 4.99 Å². The molecule has 5 nitrogen and oxygen atoms in total. The van der Waals surface area contributed by atoms with E-state index in [9.17, 15) is 0 Å². The van der Waals surface area contributed by atoms with Gasteiger partial charge in [-0.25, -0.2) is 4.99 Å². The normalized spacial score (nSPS) is 11.5. The molecule has 2 rings (SSSR count). The van der Waals surface area contributed by atoms with E-state index in [2.05, 4.69) is 70.9 Å². The molecule has 1 aromatic carbocycles. The van der Waals surface area contributed by atoms with Gasteiger partial charge in [0, 0.05) is 18.8 Å². The number of aromatic amines is 1. The van der Waals surface area contributed by atoms with Gasteiger partial charge in [0.15, 0.2) is 5.96 Å². The van der Waals surface area contributed by atoms with Crippen LogP contribution in [0.5, 0.6) is 0 Å². The maximum atomic E-state index is 4.64. The van der Waals surface area contributed by atoms with Gasteiger partial charge >= 0.3 is 0 Å². The van der Waals surface area contributed by atoms with Crippen molar-refractivity contribution in [2.45, 2.75) is 40.2 Å². The Morgan fingerprint density at radius 1 is 1.17 bits per heavy atom. The molecule has 0 aliphatic heterocycles. The van der Waals surface area contributed by atoms with E-state index < -0.39 is 0 Å². The summed E-state index contributed by atoms with van der Waals surface area (Å²) >= 11 is 0. The third-order valence-corrected chi connectivity index (χ3v) is 3.73. The summed E-state index contributed by atoms with van der Waals surface area (Å²) in [4.78, 5) is 4.64. The van der Waals surface area contributed by atoms with Gasteiger partial charge in [-0.2, -0.15) is 5.10 Å². The van der Waals surface area contributed by atoms with Crippen LogP contribution in [-0.2, 0) is 13.0 Å². The number of aliphatic imine (C=N–C) groups is 1. The van der Waals surface area contributed by atoms with Gasteiger partial charge in [-0.3, -0.25) is 5.10 Å². The number of benzene rings is 1. The van der Waals surface area contributed by atoms with E-state index >= 15 is 0 Å². The molecule has 124 valence electrons. The van der Waals surface area contributed by atoms with Crippen LogP contribution in [0.3, 0.4) is 0 Å². The fourth-order valence-corrected chi connectivity index (χ4v) is 2.32. The number of nitrogens with one attached hydrogen (secondary N) is 3. The van der Waals surface area contributed by atoms with Crippen molar-refractivity contribution in [1.82, 2.24) is 20.8 Å². The number of nitrogens with zero attached hydrogens (tertiary/aromatic N) is 2. The molecule has 1 heterocycles. The molecule has 0 aliphatic carbocycles. The number of guanidine groups is 1. The smallest absolute Gasteiger partial charge is 0.191 e. The van der Waals surface area contributed by atoms with Crippen molar-refractivity contribution >= 4 is 5.96 Å². The molecule has 0 aliphatic rings. The second kappa shape index (κ2) is 8.98. The topological polar surface area (TPSA) is 65.1 Å². The Labute approximate surface area is 138 Å². The molecule has 0 fully saturated rings. The Bertz CT molecular complexity index is 613. The van der Waals surface area contributed by atoms with E-state index in [4.69, 9.17) is 0 Å². The molecule has 23 heavy (non-hydrogen) atoms. The van der Waals surface area contributed by atoms with Gasteiger partial charge in [0.25, 0.3) is 0 Å². The Kier molecular flexibility index (Phi) is 6.66. The van der Waals surface area contributed by atoms with Crippen LogP contribution < -0.4 is 10.6 Å². The van der Waals surface area contributed by atoms with Crippen molar-refractivity contribution in [3.63, 3.8) is 0 Å². The van der Waals surface area contributed by atoms with Crippen LogP contribution in [-0.4, -0.2) is 29.2 Å². The van der Waals surface area contributed by atoms with E-state index in [1.807, 2.05) is 6.20 Å². The summed E-state index contributed by atoms with van der Waals surface area (Å²) in [5, 5.41) is 13.7. The largest absolute Gasteiger partial charge is 0.357 e. The molecule has 5 heteroatoms. The monoisotopic (exact) mass is 313 g/mol. The van der Waals surface area contributed by atoms with Crippen molar-refractivity contribution < 1.29 is 0 Å². The van der Waals surface area contributed by atoms with Gasteiger partial charge in [0.1, 0.15) is 0 Å². The van der Waals surface area contributed by atoms with Crippen LogP contribution in [0.15, 0.2) is 35.5 Å². The summed E-state index contributed by atoms with van der Waals surface area (Å²) in [5.74, 6) is 0.872. The molecule has 0 atom stereocenters. The lowest BCUT2D eigenvalue weighted by atomic mass is 10.1. The molecule has 0 radical (unpaired) electrons. The van der Waals surface area contributed by atoms with E-state index in [1.165, 1.54) is 16.7 Å². The SMILES string of the molecule is CCNC(=NCc1ccc(C)cc1)NCCCc1cn[nH]c1C. The second-order valence-corrected chi connectivity index (χ2v) is 5.73. The summed E-state index contributed by atoms with van der Waals surface area (Å²) in [6.07, 6.45) is 3.98. The maximum Gasteiger partial charge on any atom is 0.191 e. The van der Waals surface area contributed by atoms with E-state index in [0.717, 1.165) is 37.6 Å². The fraction of sp³-hybridized carbons (Fsp3) is 0.444. The van der Waals surface area contributed by atoms with Crippen molar-refractivity contribution in [3.05, 3.63) is 52.8 Å². The minimum absolute atomic E-state index is 0.691. The van der Waals surface area contributed by atoms with Crippen molar-refractivity contribution in [3.8, 4) is 0 Å². The molecule has 0 spiro atoms. The zero-order chi connectivity index (χ0) is 16.5. The van der Waals surface area contributed by atoms with E-state index in [-0.39, 0.29) is 0 Å². The lowest BCUT2D eigenvalue weighted by molar-refractivity contribution is 0.742. The summed E-state index contributed by atoms with van der Waals surface area (Å²) in [7, 11) is 0. The number of rotatable bonds is 7. The average Bonchev–Trinajstić information content (AvgIpc) is 2.96. The number of hydrogen-bond donors (Lipinski definition) is 3. The zero-order valence-corrected chi connectivity index (χ0v) is 14.3. The molecule has 3 N–H and O–H groups in total. The number of hydrogen-bond acceptors (Lipinski definition) is 2. The molecule has 0 bridgehead atoms. The highest BCUT2D eigenvalue weighted by atomic mass is 15.2. The summed E-state index contributed by atoms with van der Waals surface area (Å²) < 4.78 is 0. The van der Waals surface area contributed by atoms with Crippen LogP contribution in [0.2, 0.25) is 0 Å². The fourth-order valence-electron chi connectivity index (χ4n) is 2.32. The summed E-state index contributed by atoms with van der Waals surface area (Å²) in [6.45, 7) is 8.68. The number of H-pyrrole nitrogens is 1. The minimum Gasteiger partial charge on any atom is -0.357 e. The highest BCUT2D eigenvalue weighted by molar-refractivity contribution is 5.79. The zero-order valence-electron chi connectivity index (χ0n) is 14.3. The summed E-state index contributed by atoms with van der Waals surface area (Å²) in [6, 6.07) is 8.51. The molecular formula is C18H27N5. The summed E-state index contributed by atoms with van der Waals surface area (Å²) in [5.41, 5.74) is 4.94. The number of aromatic nitrogens is 2. The molecule has 2 aromatic rings. The first kappa shape index (κ1) is 17.1. The maximum absolute atomic E-state index is 4.64. The molecule has 0 amide bonds. The highest BCUT2D eigenvalue weighted by Crippen LogP contribution is 2.05. The molecule has 0 unspecified atom stereocenters. The number of aryl methyl sites for hydroxylation is 3. The minimum atomic E-state index is 0.691. The van der Waals surface area contributed by atoms with Crippen LogP contribution in [0.4, 0.5) is 0 Å². The Morgan fingerprint density at radius 3 is 2.61 bits per heavy atom. The molecule has 0 saturated heterocycles. The van der Waals surface area contributed by atoms with E-state index in [0.29, 0.717) is 6.54 Å². The van der Waals surface area contributed by atoms with Crippen LogP contribution in [0.1, 0.15) is 35.7 Å². The van der Waals surface area contributed by atoms with Gasteiger partial charge in [-0.05, 0) is 44.7 Å². The van der Waals surface area contributed by atoms with Gasteiger partial charge in [-0.15, -0.1) is 0 Å². The Morgan fingerprint density at radius 2 is 1.96 bits per heavy atom. The van der Waals surface area contributed by atoms with Crippen LogP contribution >= 0.6 is 0 Å². The second-order valence-electron chi connectivity index (χ2n) is 5.73. The quantitative estimate of drug-likeness (QED) is 0.418. The Hall–Kier alpha value is -2.30. The first-order valence-electron chi connectivity index (χ1n) is 8.25.